The zero-order valence-corrected chi connectivity index (χ0v) is 15.1. The fourth-order valence-electron chi connectivity index (χ4n) is 2.89. The van der Waals surface area contributed by atoms with Crippen LogP contribution in [0, 0.1) is 0 Å². The molecule has 8 nitrogen and oxygen atoms in total. The minimum absolute atomic E-state index is 0.158. The van der Waals surface area contributed by atoms with Gasteiger partial charge in [0.15, 0.2) is 9.34 Å². The molecule has 2 aromatic heterocycles. The van der Waals surface area contributed by atoms with Gasteiger partial charge in [-0.05, 0) is 18.9 Å². The molecular formula is C14H19N5O3S2. The van der Waals surface area contributed by atoms with Crippen molar-refractivity contribution in [3.63, 3.8) is 0 Å². The van der Waals surface area contributed by atoms with Crippen LogP contribution in [0.5, 0.6) is 0 Å². The van der Waals surface area contributed by atoms with E-state index in [2.05, 4.69) is 15.4 Å². The van der Waals surface area contributed by atoms with Gasteiger partial charge in [0.2, 0.25) is 5.91 Å². The highest BCUT2D eigenvalue weighted by atomic mass is 32.2. The summed E-state index contributed by atoms with van der Waals surface area (Å²) in [7, 11) is -1.66. The number of anilines is 1. The quantitative estimate of drug-likeness (QED) is 0.879. The molecule has 1 aliphatic rings. The maximum Gasteiger partial charge on any atom is 0.254 e. The number of aromatic nitrogens is 3. The van der Waals surface area contributed by atoms with Crippen molar-refractivity contribution in [1.29, 1.82) is 0 Å². The molecule has 3 rings (SSSR count). The van der Waals surface area contributed by atoms with Crippen LogP contribution in [0.1, 0.15) is 31.4 Å². The lowest BCUT2D eigenvalue weighted by molar-refractivity contribution is -0.114. The summed E-state index contributed by atoms with van der Waals surface area (Å²) in [6.45, 7) is 2.29. The first-order chi connectivity index (χ1) is 11.4. The summed E-state index contributed by atoms with van der Waals surface area (Å²) >= 11 is 0.976. The molecule has 0 aromatic carbocycles. The second-order valence-electron chi connectivity index (χ2n) is 5.72. The van der Waals surface area contributed by atoms with Crippen molar-refractivity contribution in [2.45, 2.75) is 29.9 Å². The van der Waals surface area contributed by atoms with Gasteiger partial charge in [-0.2, -0.15) is 9.40 Å². The van der Waals surface area contributed by atoms with Gasteiger partial charge in [0.25, 0.3) is 10.0 Å². The van der Waals surface area contributed by atoms with Crippen LogP contribution in [-0.2, 0) is 21.9 Å². The third kappa shape index (κ3) is 3.35. The summed E-state index contributed by atoms with van der Waals surface area (Å²) < 4.78 is 28.9. The van der Waals surface area contributed by atoms with Crippen molar-refractivity contribution < 1.29 is 13.2 Å². The van der Waals surface area contributed by atoms with E-state index in [1.54, 1.807) is 6.20 Å². The molecule has 0 radical (unpaired) electrons. The Bertz CT molecular complexity index is 834. The van der Waals surface area contributed by atoms with E-state index in [0.717, 1.165) is 29.9 Å². The molecule has 24 heavy (non-hydrogen) atoms. The largest absolute Gasteiger partial charge is 0.302 e. The van der Waals surface area contributed by atoms with Crippen LogP contribution in [0.3, 0.4) is 0 Å². The van der Waals surface area contributed by atoms with Crippen LogP contribution < -0.4 is 5.32 Å². The third-order valence-corrected chi connectivity index (χ3v) is 7.34. The number of hydrogen-bond donors (Lipinski definition) is 1. The summed E-state index contributed by atoms with van der Waals surface area (Å²) in [5, 5.41) is 6.98. The molecule has 2 aromatic rings. The fraction of sp³-hybridized carbons (Fsp3) is 0.500. The molecule has 130 valence electrons. The average Bonchev–Trinajstić information content (AvgIpc) is 3.16. The van der Waals surface area contributed by atoms with Crippen LogP contribution in [-0.4, -0.2) is 46.5 Å². The predicted octanol–water partition coefficient (Wildman–Crippen LogP) is 1.40. The Hall–Kier alpha value is -1.78. The second-order valence-corrected chi connectivity index (χ2v) is 8.92. The minimum Gasteiger partial charge on any atom is -0.302 e. The Morgan fingerprint density at radius 2 is 2.08 bits per heavy atom. The Morgan fingerprint density at radius 3 is 2.67 bits per heavy atom. The number of aryl methyl sites for hydroxylation is 1. The minimum atomic E-state index is -3.56. The van der Waals surface area contributed by atoms with E-state index in [1.165, 1.54) is 17.4 Å². The van der Waals surface area contributed by atoms with E-state index in [-0.39, 0.29) is 10.1 Å². The Kier molecular flexibility index (Phi) is 4.70. The number of hydrogen-bond acceptors (Lipinski definition) is 6. The van der Waals surface area contributed by atoms with E-state index >= 15 is 0 Å². The van der Waals surface area contributed by atoms with Crippen molar-refractivity contribution in [2.75, 3.05) is 18.4 Å². The highest BCUT2D eigenvalue weighted by molar-refractivity contribution is 7.91. The van der Waals surface area contributed by atoms with Gasteiger partial charge < -0.3 is 5.32 Å². The number of amides is 1. The van der Waals surface area contributed by atoms with Gasteiger partial charge >= 0.3 is 0 Å². The topological polar surface area (TPSA) is 97.2 Å². The number of rotatable bonds is 4. The molecule has 1 aliphatic heterocycles. The van der Waals surface area contributed by atoms with Crippen molar-refractivity contribution in [3.05, 3.63) is 24.2 Å². The van der Waals surface area contributed by atoms with Gasteiger partial charge in [-0.15, -0.1) is 0 Å². The lowest BCUT2D eigenvalue weighted by atomic mass is 9.95. The molecule has 10 heteroatoms. The molecule has 0 aliphatic carbocycles. The number of sulfonamides is 1. The highest BCUT2D eigenvalue weighted by Crippen LogP contribution is 2.32. The monoisotopic (exact) mass is 369 g/mol. The van der Waals surface area contributed by atoms with Gasteiger partial charge in [0.05, 0.1) is 6.20 Å². The molecule has 3 heterocycles. The molecule has 1 amide bonds. The van der Waals surface area contributed by atoms with Crippen molar-refractivity contribution >= 4 is 32.4 Å². The van der Waals surface area contributed by atoms with Gasteiger partial charge in [0, 0.05) is 44.9 Å². The maximum absolute atomic E-state index is 12.7. The van der Waals surface area contributed by atoms with E-state index in [0.29, 0.717) is 24.1 Å². The predicted molar refractivity (Wildman–Crippen MR) is 90.4 cm³/mol. The van der Waals surface area contributed by atoms with Crippen LogP contribution >= 0.6 is 11.3 Å². The maximum atomic E-state index is 12.7. The van der Waals surface area contributed by atoms with Gasteiger partial charge in [-0.1, -0.05) is 11.3 Å². The standard InChI is InChI=1S/C14H19N5O3S2/c1-10(20)17-14-15-9-13(23-14)24(21,22)19-7-4-11(5-8-19)12-3-6-16-18(12)2/h3,6,9,11H,4-5,7-8H2,1-2H3,(H,15,17,20). The Morgan fingerprint density at radius 1 is 1.38 bits per heavy atom. The molecule has 0 bridgehead atoms. The summed E-state index contributed by atoms with van der Waals surface area (Å²) in [4.78, 5) is 15.0. The van der Waals surface area contributed by atoms with Gasteiger partial charge in [-0.3, -0.25) is 9.48 Å². The fourth-order valence-corrected chi connectivity index (χ4v) is 5.59. The second kappa shape index (κ2) is 6.61. The number of nitrogens with zero attached hydrogens (tertiary/aromatic N) is 4. The smallest absolute Gasteiger partial charge is 0.254 e. The van der Waals surface area contributed by atoms with Gasteiger partial charge in [-0.25, -0.2) is 13.4 Å². The molecule has 1 fully saturated rings. The van der Waals surface area contributed by atoms with Crippen molar-refractivity contribution in [1.82, 2.24) is 19.1 Å². The third-order valence-electron chi connectivity index (χ3n) is 4.09. The van der Waals surface area contributed by atoms with Crippen LogP contribution in [0.2, 0.25) is 0 Å². The lowest BCUT2D eigenvalue weighted by Crippen LogP contribution is -2.37. The van der Waals surface area contributed by atoms with E-state index in [9.17, 15) is 13.2 Å². The number of carbonyl (C=O) groups is 1. The van der Waals surface area contributed by atoms with Crippen molar-refractivity contribution in [3.8, 4) is 0 Å². The number of thiazole rings is 1. The molecule has 0 spiro atoms. The molecule has 1 N–H and O–H groups in total. The Balaban J connectivity index is 1.69. The Labute approximate surface area is 144 Å². The number of piperidine rings is 1. The van der Waals surface area contributed by atoms with Crippen LogP contribution in [0.15, 0.2) is 22.7 Å². The SMILES string of the molecule is CC(=O)Nc1ncc(S(=O)(=O)N2CCC(c3ccnn3C)CC2)s1. The molecule has 0 saturated carbocycles. The molecule has 0 unspecified atom stereocenters. The zero-order chi connectivity index (χ0) is 17.3. The van der Waals surface area contributed by atoms with Crippen LogP contribution in [0.4, 0.5) is 5.13 Å². The average molecular weight is 369 g/mol. The number of carbonyl (C=O) groups excluding carboxylic acids is 1. The summed E-state index contributed by atoms with van der Waals surface area (Å²) in [5.74, 6) is 0.0469. The van der Waals surface area contributed by atoms with E-state index < -0.39 is 10.0 Å². The molecule has 0 atom stereocenters. The summed E-state index contributed by atoms with van der Waals surface area (Å²) in [6, 6.07) is 1.98. The summed E-state index contributed by atoms with van der Waals surface area (Å²) in [5.41, 5.74) is 1.14. The van der Waals surface area contributed by atoms with E-state index in [4.69, 9.17) is 0 Å². The van der Waals surface area contributed by atoms with Crippen LogP contribution in [0.25, 0.3) is 0 Å². The van der Waals surface area contributed by atoms with Gasteiger partial charge in [0.1, 0.15) is 0 Å². The normalized spacial score (nSPS) is 17.1. The van der Waals surface area contributed by atoms with Crippen molar-refractivity contribution in [2.24, 2.45) is 7.05 Å². The lowest BCUT2D eigenvalue weighted by Gasteiger charge is -2.30. The van der Waals surface area contributed by atoms with E-state index in [1.807, 2.05) is 17.8 Å². The number of nitrogens with one attached hydrogen (secondary N) is 1. The first-order valence-electron chi connectivity index (χ1n) is 7.59. The molecule has 1 saturated heterocycles. The highest BCUT2D eigenvalue weighted by Gasteiger charge is 2.32. The molecular weight excluding hydrogens is 350 g/mol. The first kappa shape index (κ1) is 17.1. The zero-order valence-electron chi connectivity index (χ0n) is 13.5. The summed E-state index contributed by atoms with van der Waals surface area (Å²) in [6.07, 6.45) is 4.59. The first-order valence-corrected chi connectivity index (χ1v) is 9.85.